The summed E-state index contributed by atoms with van der Waals surface area (Å²) >= 11 is 5.62. The van der Waals surface area contributed by atoms with Crippen molar-refractivity contribution >= 4 is 23.2 Å². The molecular weight excluding hydrogens is 232 g/mol. The van der Waals surface area contributed by atoms with E-state index >= 15 is 0 Å². The molecule has 0 fully saturated rings. The smallest absolute Gasteiger partial charge is 0.279 e. The van der Waals surface area contributed by atoms with Crippen molar-refractivity contribution < 1.29 is 9.90 Å². The maximum Gasteiger partial charge on any atom is 0.279 e. The molecule has 2 rings (SSSR count). The molecular formula is C9H7ClN4O2. The quantitative estimate of drug-likeness (QED) is 0.738. The molecule has 0 unspecified atom stereocenters. The first-order chi connectivity index (χ1) is 7.66. The standard InChI is InChI=1S/C9H7ClN4O2/c10-8-7(12-14-13-8)9(16)11-5-2-1-3-6(15)4-5/h1-4,15H,(H,11,16)(H,12,13,14). The van der Waals surface area contributed by atoms with Gasteiger partial charge in [-0.3, -0.25) is 4.79 Å². The van der Waals surface area contributed by atoms with Crippen LogP contribution in [0.4, 0.5) is 5.69 Å². The number of halogens is 1. The van der Waals surface area contributed by atoms with Gasteiger partial charge >= 0.3 is 0 Å². The number of rotatable bonds is 2. The number of carbonyl (C=O) groups is 1. The first-order valence-corrected chi connectivity index (χ1v) is 4.71. The lowest BCUT2D eigenvalue weighted by atomic mass is 10.3. The molecule has 7 heteroatoms. The van der Waals surface area contributed by atoms with E-state index in [9.17, 15) is 9.90 Å². The van der Waals surface area contributed by atoms with Crippen LogP contribution in [0.25, 0.3) is 0 Å². The number of H-pyrrole nitrogens is 1. The van der Waals surface area contributed by atoms with E-state index in [4.69, 9.17) is 11.6 Å². The van der Waals surface area contributed by atoms with Crippen molar-refractivity contribution in [1.29, 1.82) is 0 Å². The molecule has 1 aromatic heterocycles. The number of carbonyl (C=O) groups excluding carboxylic acids is 1. The summed E-state index contributed by atoms with van der Waals surface area (Å²) in [5.41, 5.74) is 0.453. The molecule has 0 radical (unpaired) electrons. The number of aromatic amines is 1. The minimum atomic E-state index is -0.496. The van der Waals surface area contributed by atoms with E-state index in [1.165, 1.54) is 12.1 Å². The molecule has 1 heterocycles. The second-order valence-electron chi connectivity index (χ2n) is 2.97. The zero-order chi connectivity index (χ0) is 11.5. The fourth-order valence-corrected chi connectivity index (χ4v) is 1.30. The summed E-state index contributed by atoms with van der Waals surface area (Å²) in [5, 5.41) is 21.1. The van der Waals surface area contributed by atoms with Crippen LogP contribution in [0.5, 0.6) is 5.75 Å². The van der Waals surface area contributed by atoms with E-state index in [2.05, 4.69) is 20.7 Å². The lowest BCUT2D eigenvalue weighted by Gasteiger charge is -2.02. The third kappa shape index (κ3) is 2.12. The van der Waals surface area contributed by atoms with Crippen LogP contribution in [0.15, 0.2) is 24.3 Å². The summed E-state index contributed by atoms with van der Waals surface area (Å²) in [6.07, 6.45) is 0. The topological polar surface area (TPSA) is 90.9 Å². The largest absolute Gasteiger partial charge is 0.508 e. The molecule has 1 aromatic carbocycles. The number of anilines is 1. The summed E-state index contributed by atoms with van der Waals surface area (Å²) in [7, 11) is 0. The number of benzene rings is 1. The summed E-state index contributed by atoms with van der Waals surface area (Å²) in [4.78, 5) is 11.6. The van der Waals surface area contributed by atoms with Crippen molar-refractivity contribution in [1.82, 2.24) is 15.4 Å². The van der Waals surface area contributed by atoms with Crippen molar-refractivity contribution in [2.75, 3.05) is 5.32 Å². The van der Waals surface area contributed by atoms with Gasteiger partial charge in [-0.15, -0.1) is 10.2 Å². The van der Waals surface area contributed by atoms with Crippen molar-refractivity contribution in [2.45, 2.75) is 0 Å². The maximum absolute atomic E-state index is 11.6. The van der Waals surface area contributed by atoms with Crippen molar-refractivity contribution in [3.8, 4) is 5.75 Å². The van der Waals surface area contributed by atoms with Gasteiger partial charge in [-0.2, -0.15) is 5.21 Å². The van der Waals surface area contributed by atoms with Gasteiger partial charge in [-0.1, -0.05) is 17.7 Å². The Kier molecular flexibility index (Phi) is 2.74. The summed E-state index contributed by atoms with van der Waals surface area (Å²) in [5.74, 6) is -0.437. The van der Waals surface area contributed by atoms with E-state index in [0.717, 1.165) is 0 Å². The van der Waals surface area contributed by atoms with Gasteiger partial charge in [0.1, 0.15) is 5.75 Å². The number of hydrogen-bond acceptors (Lipinski definition) is 4. The summed E-state index contributed by atoms with van der Waals surface area (Å²) in [6, 6.07) is 6.14. The molecule has 0 aliphatic heterocycles. The van der Waals surface area contributed by atoms with E-state index in [1.54, 1.807) is 12.1 Å². The number of phenolic OH excluding ortho intramolecular Hbond substituents is 1. The Bertz CT molecular complexity index is 526. The molecule has 82 valence electrons. The van der Waals surface area contributed by atoms with Crippen molar-refractivity contribution in [3.05, 3.63) is 35.1 Å². The van der Waals surface area contributed by atoms with E-state index < -0.39 is 5.91 Å². The molecule has 0 saturated carbocycles. The normalized spacial score (nSPS) is 10.1. The number of hydrogen-bond donors (Lipinski definition) is 3. The molecule has 0 saturated heterocycles. The third-order valence-corrected chi connectivity index (χ3v) is 2.09. The average Bonchev–Trinajstić information content (AvgIpc) is 2.64. The molecule has 0 spiro atoms. The Morgan fingerprint density at radius 1 is 1.44 bits per heavy atom. The Balaban J connectivity index is 2.17. The first kappa shape index (κ1) is 10.4. The van der Waals surface area contributed by atoms with Gasteiger partial charge in [0, 0.05) is 11.8 Å². The zero-order valence-electron chi connectivity index (χ0n) is 7.94. The third-order valence-electron chi connectivity index (χ3n) is 1.82. The molecule has 1 amide bonds. The van der Waals surface area contributed by atoms with E-state index in [1.807, 2.05) is 0 Å². The van der Waals surface area contributed by atoms with Crippen LogP contribution in [0.1, 0.15) is 10.5 Å². The fraction of sp³-hybridized carbons (Fsp3) is 0. The zero-order valence-corrected chi connectivity index (χ0v) is 8.69. The lowest BCUT2D eigenvalue weighted by molar-refractivity contribution is 0.102. The van der Waals surface area contributed by atoms with Crippen LogP contribution in [-0.2, 0) is 0 Å². The highest BCUT2D eigenvalue weighted by atomic mass is 35.5. The van der Waals surface area contributed by atoms with Gasteiger partial charge < -0.3 is 10.4 Å². The molecule has 0 bridgehead atoms. The number of aromatic hydroxyl groups is 1. The van der Waals surface area contributed by atoms with E-state index in [0.29, 0.717) is 5.69 Å². The number of nitrogens with zero attached hydrogens (tertiary/aromatic N) is 2. The molecule has 3 N–H and O–H groups in total. The second-order valence-corrected chi connectivity index (χ2v) is 3.33. The van der Waals surface area contributed by atoms with Gasteiger partial charge in [-0.05, 0) is 12.1 Å². The van der Waals surface area contributed by atoms with Gasteiger partial charge in [0.15, 0.2) is 10.8 Å². The average molecular weight is 239 g/mol. The van der Waals surface area contributed by atoms with Gasteiger partial charge in [0.2, 0.25) is 0 Å². The summed E-state index contributed by atoms with van der Waals surface area (Å²) in [6.45, 7) is 0. The Hall–Kier alpha value is -2.08. The molecule has 16 heavy (non-hydrogen) atoms. The Morgan fingerprint density at radius 3 is 2.88 bits per heavy atom. The molecule has 6 nitrogen and oxygen atoms in total. The number of amides is 1. The predicted octanol–water partition coefficient (Wildman–Crippen LogP) is 1.42. The van der Waals surface area contributed by atoms with Crippen LogP contribution in [-0.4, -0.2) is 26.4 Å². The predicted molar refractivity (Wildman–Crippen MR) is 57.5 cm³/mol. The summed E-state index contributed by atoms with van der Waals surface area (Å²) < 4.78 is 0. The van der Waals surface area contributed by atoms with Crippen LogP contribution in [0.3, 0.4) is 0 Å². The van der Waals surface area contributed by atoms with Crippen molar-refractivity contribution in [2.24, 2.45) is 0 Å². The lowest BCUT2D eigenvalue weighted by Crippen LogP contribution is -2.12. The first-order valence-electron chi connectivity index (χ1n) is 4.33. The Labute approximate surface area is 95.2 Å². The molecule has 0 aliphatic carbocycles. The Morgan fingerprint density at radius 2 is 2.25 bits per heavy atom. The van der Waals surface area contributed by atoms with Gasteiger partial charge in [0.05, 0.1) is 0 Å². The minimum absolute atomic E-state index is 0.00217. The van der Waals surface area contributed by atoms with E-state index in [-0.39, 0.29) is 16.6 Å². The van der Waals surface area contributed by atoms with Gasteiger partial charge in [0.25, 0.3) is 5.91 Å². The monoisotopic (exact) mass is 238 g/mol. The number of aromatic nitrogens is 3. The van der Waals surface area contributed by atoms with Crippen LogP contribution < -0.4 is 5.32 Å². The van der Waals surface area contributed by atoms with Gasteiger partial charge in [-0.25, -0.2) is 0 Å². The minimum Gasteiger partial charge on any atom is -0.508 e. The van der Waals surface area contributed by atoms with Crippen LogP contribution >= 0.6 is 11.6 Å². The molecule has 0 aliphatic rings. The molecule has 0 atom stereocenters. The maximum atomic E-state index is 11.6. The highest BCUT2D eigenvalue weighted by Crippen LogP contribution is 2.17. The highest BCUT2D eigenvalue weighted by Gasteiger charge is 2.14. The van der Waals surface area contributed by atoms with Crippen molar-refractivity contribution in [3.63, 3.8) is 0 Å². The SMILES string of the molecule is O=C(Nc1cccc(O)c1)c1n[nH]nc1Cl. The molecule has 2 aromatic rings. The highest BCUT2D eigenvalue weighted by molar-refractivity contribution is 6.32. The number of nitrogens with one attached hydrogen (secondary N) is 2. The van der Waals surface area contributed by atoms with Crippen LogP contribution in [0, 0.1) is 0 Å². The van der Waals surface area contributed by atoms with Crippen LogP contribution in [0.2, 0.25) is 5.15 Å². The number of phenols is 1. The fourth-order valence-electron chi connectivity index (χ4n) is 1.14. The second kappa shape index (κ2) is 4.19.